The second-order valence-electron chi connectivity index (χ2n) is 4.33. The summed E-state index contributed by atoms with van der Waals surface area (Å²) in [6.45, 7) is 3.18. The van der Waals surface area contributed by atoms with E-state index in [1.54, 1.807) is 19.2 Å². The smallest absolute Gasteiger partial charge is 0.315 e. The fourth-order valence-electron chi connectivity index (χ4n) is 1.29. The van der Waals surface area contributed by atoms with E-state index >= 15 is 0 Å². The molecule has 2 rings (SSSR count). The van der Waals surface area contributed by atoms with Gasteiger partial charge in [-0.1, -0.05) is 0 Å². The second-order valence-corrected chi connectivity index (χ2v) is 5.19. The van der Waals surface area contributed by atoms with Crippen LogP contribution in [0.15, 0.2) is 23.7 Å². The molecule has 0 radical (unpaired) electrons. The topological polar surface area (TPSA) is 63.1 Å². The number of nitrogens with zero attached hydrogens (tertiary/aromatic N) is 2. The van der Waals surface area contributed by atoms with Crippen LogP contribution in [0.1, 0.15) is 19.5 Å². The number of carboxylic acids is 1. The maximum absolute atomic E-state index is 12.7. The normalized spacial score (nSPS) is 11.5. The van der Waals surface area contributed by atoms with Gasteiger partial charge in [0.15, 0.2) is 0 Å². The molecule has 1 N–H and O–H groups in total. The largest absolute Gasteiger partial charge is 0.481 e. The summed E-state index contributed by atoms with van der Waals surface area (Å²) in [4.78, 5) is 19.3. The summed E-state index contributed by atoms with van der Waals surface area (Å²) in [5.74, 6) is -1.35. The third-order valence-corrected chi connectivity index (χ3v) is 3.49. The highest BCUT2D eigenvalue weighted by atomic mass is 32.1. The number of hydrogen-bond acceptors (Lipinski definition) is 4. The Hall–Kier alpha value is -1.82. The first kappa shape index (κ1) is 12.6. The third-order valence-electron chi connectivity index (χ3n) is 2.63. The van der Waals surface area contributed by atoms with Gasteiger partial charge in [0.25, 0.3) is 0 Å². The van der Waals surface area contributed by atoms with Gasteiger partial charge in [-0.3, -0.25) is 9.78 Å². The van der Waals surface area contributed by atoms with Gasteiger partial charge in [0, 0.05) is 5.38 Å². The Labute approximate surface area is 107 Å². The highest BCUT2D eigenvalue weighted by Gasteiger charge is 2.32. The number of halogens is 1. The van der Waals surface area contributed by atoms with Crippen molar-refractivity contribution in [1.82, 2.24) is 9.97 Å². The minimum Gasteiger partial charge on any atom is -0.481 e. The van der Waals surface area contributed by atoms with E-state index in [1.807, 2.05) is 0 Å². The average molecular weight is 266 g/mol. The van der Waals surface area contributed by atoms with Crippen LogP contribution < -0.4 is 0 Å². The molecule has 2 aromatic heterocycles. The predicted octanol–water partition coefficient (Wildman–Crippen LogP) is 2.71. The number of rotatable bonds is 3. The van der Waals surface area contributed by atoms with E-state index in [0.717, 1.165) is 6.20 Å². The Kier molecular flexibility index (Phi) is 3.13. The predicted molar refractivity (Wildman–Crippen MR) is 66.0 cm³/mol. The van der Waals surface area contributed by atoms with Crippen molar-refractivity contribution < 1.29 is 14.3 Å². The zero-order valence-electron chi connectivity index (χ0n) is 9.85. The summed E-state index contributed by atoms with van der Waals surface area (Å²) in [6, 6.07) is 2.82. The van der Waals surface area contributed by atoms with Crippen molar-refractivity contribution in [3.05, 3.63) is 35.2 Å². The standard InChI is InChI=1S/C12H11FN2O2S/c1-12(2,11(16)17)9-6-18-10(15-9)8-4-3-7(13)5-14-8/h3-6H,1-2H3,(H,16,17). The molecule has 6 heteroatoms. The number of carbonyl (C=O) groups is 1. The van der Waals surface area contributed by atoms with Crippen LogP contribution >= 0.6 is 11.3 Å². The molecule has 0 unspecified atom stereocenters. The molecular formula is C12H11FN2O2S. The van der Waals surface area contributed by atoms with Crippen molar-refractivity contribution in [3.63, 3.8) is 0 Å². The van der Waals surface area contributed by atoms with E-state index in [-0.39, 0.29) is 0 Å². The number of carboxylic acid groups (broad SMARTS) is 1. The molecule has 0 aromatic carbocycles. The van der Waals surface area contributed by atoms with Gasteiger partial charge in [0.1, 0.15) is 16.2 Å². The summed E-state index contributed by atoms with van der Waals surface area (Å²) in [6.07, 6.45) is 1.11. The molecule has 0 aliphatic rings. The highest BCUT2D eigenvalue weighted by Crippen LogP contribution is 2.29. The number of aromatic nitrogens is 2. The van der Waals surface area contributed by atoms with Crippen molar-refractivity contribution in [2.75, 3.05) is 0 Å². The van der Waals surface area contributed by atoms with Gasteiger partial charge in [-0.15, -0.1) is 11.3 Å². The lowest BCUT2D eigenvalue weighted by molar-refractivity contribution is -0.142. The maximum atomic E-state index is 12.7. The Morgan fingerprint density at radius 3 is 2.72 bits per heavy atom. The van der Waals surface area contributed by atoms with Gasteiger partial charge >= 0.3 is 5.97 Å². The molecule has 94 valence electrons. The van der Waals surface area contributed by atoms with Crippen molar-refractivity contribution in [1.29, 1.82) is 0 Å². The molecule has 0 amide bonds. The number of thiazole rings is 1. The van der Waals surface area contributed by atoms with Gasteiger partial charge in [-0.25, -0.2) is 9.37 Å². The first-order valence-electron chi connectivity index (χ1n) is 5.22. The highest BCUT2D eigenvalue weighted by molar-refractivity contribution is 7.13. The molecule has 0 saturated heterocycles. The maximum Gasteiger partial charge on any atom is 0.315 e. The Balaban J connectivity index is 2.37. The monoisotopic (exact) mass is 266 g/mol. The van der Waals surface area contributed by atoms with Crippen molar-refractivity contribution >= 4 is 17.3 Å². The molecule has 0 atom stereocenters. The number of pyridine rings is 1. The molecule has 0 fully saturated rings. The molecular weight excluding hydrogens is 255 g/mol. The van der Waals surface area contributed by atoms with Crippen molar-refractivity contribution in [2.45, 2.75) is 19.3 Å². The first-order chi connectivity index (χ1) is 8.41. The van der Waals surface area contributed by atoms with Gasteiger partial charge in [-0.2, -0.15) is 0 Å². The van der Waals surface area contributed by atoms with Crippen LogP contribution in [0.5, 0.6) is 0 Å². The van der Waals surface area contributed by atoms with Crippen LogP contribution in [-0.4, -0.2) is 21.0 Å². The average Bonchev–Trinajstić information content (AvgIpc) is 2.79. The lowest BCUT2D eigenvalue weighted by Gasteiger charge is -2.15. The summed E-state index contributed by atoms with van der Waals surface area (Å²) in [5, 5.41) is 11.4. The van der Waals surface area contributed by atoms with Crippen molar-refractivity contribution in [3.8, 4) is 10.7 Å². The van der Waals surface area contributed by atoms with E-state index in [2.05, 4.69) is 9.97 Å². The molecule has 4 nitrogen and oxygen atoms in total. The van der Waals surface area contributed by atoms with Crippen LogP contribution in [0, 0.1) is 5.82 Å². The molecule has 2 heterocycles. The summed E-state index contributed by atoms with van der Waals surface area (Å²) in [5.41, 5.74) is -0.0376. The van der Waals surface area contributed by atoms with Crippen LogP contribution in [0.4, 0.5) is 4.39 Å². The van der Waals surface area contributed by atoms with Crippen LogP contribution in [0.2, 0.25) is 0 Å². The lowest BCUT2D eigenvalue weighted by Crippen LogP contribution is -2.28. The van der Waals surface area contributed by atoms with Gasteiger partial charge in [0.05, 0.1) is 17.6 Å². The van der Waals surface area contributed by atoms with E-state index in [9.17, 15) is 9.18 Å². The third kappa shape index (κ3) is 2.24. The zero-order valence-corrected chi connectivity index (χ0v) is 10.7. The Morgan fingerprint density at radius 2 is 2.17 bits per heavy atom. The van der Waals surface area contributed by atoms with Gasteiger partial charge in [-0.05, 0) is 26.0 Å². The molecule has 0 spiro atoms. The fraction of sp³-hybridized carbons (Fsp3) is 0.250. The fourth-order valence-corrected chi connectivity index (χ4v) is 2.25. The summed E-state index contributed by atoms with van der Waals surface area (Å²) in [7, 11) is 0. The van der Waals surface area contributed by atoms with E-state index in [0.29, 0.717) is 16.4 Å². The van der Waals surface area contributed by atoms with Gasteiger partial charge < -0.3 is 5.11 Å². The SMILES string of the molecule is CC(C)(C(=O)O)c1csc(-c2ccc(F)cn2)n1. The molecule has 0 bridgehead atoms. The first-order valence-corrected chi connectivity index (χ1v) is 6.10. The van der Waals surface area contributed by atoms with Crippen LogP contribution in [-0.2, 0) is 10.2 Å². The molecule has 0 aliphatic carbocycles. The Bertz CT molecular complexity index is 578. The number of aliphatic carboxylic acids is 1. The van der Waals surface area contributed by atoms with E-state index in [4.69, 9.17) is 5.11 Å². The molecule has 0 saturated carbocycles. The van der Waals surface area contributed by atoms with Crippen LogP contribution in [0.3, 0.4) is 0 Å². The number of hydrogen-bond donors (Lipinski definition) is 1. The van der Waals surface area contributed by atoms with Crippen molar-refractivity contribution in [2.24, 2.45) is 0 Å². The van der Waals surface area contributed by atoms with E-state index < -0.39 is 17.2 Å². The Morgan fingerprint density at radius 1 is 1.44 bits per heavy atom. The minimum atomic E-state index is -1.05. The zero-order chi connectivity index (χ0) is 13.3. The summed E-state index contributed by atoms with van der Waals surface area (Å²) < 4.78 is 12.7. The molecule has 2 aromatic rings. The second kappa shape index (κ2) is 4.45. The minimum absolute atomic E-state index is 0.415. The lowest BCUT2D eigenvalue weighted by atomic mass is 9.90. The molecule has 18 heavy (non-hydrogen) atoms. The quantitative estimate of drug-likeness (QED) is 0.927. The van der Waals surface area contributed by atoms with E-state index in [1.165, 1.54) is 23.5 Å². The molecule has 0 aliphatic heterocycles. The van der Waals surface area contributed by atoms with Gasteiger partial charge in [0.2, 0.25) is 0 Å². The summed E-state index contributed by atoms with van der Waals surface area (Å²) >= 11 is 1.29. The van der Waals surface area contributed by atoms with Crippen LogP contribution in [0.25, 0.3) is 10.7 Å².